The predicted octanol–water partition coefficient (Wildman–Crippen LogP) is 5.92. The zero-order chi connectivity index (χ0) is 13.1. The first-order chi connectivity index (χ1) is 8.86. The van der Waals surface area contributed by atoms with Gasteiger partial charge in [-0.25, -0.2) is 24.3 Å². The van der Waals surface area contributed by atoms with Crippen LogP contribution in [0.3, 0.4) is 0 Å². The van der Waals surface area contributed by atoms with Crippen LogP contribution in [0, 0.1) is 0 Å². The Balaban J connectivity index is 0. The molecule has 2 heteroatoms. The summed E-state index contributed by atoms with van der Waals surface area (Å²) in [5.41, 5.74) is 2.97. The van der Waals surface area contributed by atoms with E-state index < -0.39 is 0 Å². The summed E-state index contributed by atoms with van der Waals surface area (Å²) in [6.45, 7) is 4.45. The summed E-state index contributed by atoms with van der Waals surface area (Å²) in [7, 11) is 0. The summed E-state index contributed by atoms with van der Waals surface area (Å²) in [6, 6.07) is 17.2. The van der Waals surface area contributed by atoms with Crippen molar-refractivity contribution in [3.63, 3.8) is 0 Å². The third-order valence-electron chi connectivity index (χ3n) is 3.10. The molecular weight excluding hydrogens is 300 g/mol. The second kappa shape index (κ2) is 15.1. The molecule has 0 unspecified atom stereocenters. The van der Waals surface area contributed by atoms with Crippen LogP contribution in [0.5, 0.6) is 0 Å². The maximum Gasteiger partial charge on any atom is 2.00 e. The third kappa shape index (κ3) is 10.5. The molecule has 0 aromatic heterocycles. The number of hydrogen-bond donors (Lipinski definition) is 0. The minimum absolute atomic E-state index is 0. The van der Waals surface area contributed by atoms with Gasteiger partial charge in [-0.3, -0.25) is 0 Å². The molecule has 2 aromatic carbocycles. The molecular formula is C18H27ClTi. The van der Waals surface area contributed by atoms with Crippen molar-refractivity contribution < 1.29 is 21.7 Å². The maximum atomic E-state index is 2.23. The van der Waals surface area contributed by atoms with E-state index in [1.165, 1.54) is 49.7 Å². The molecule has 0 aliphatic rings. The van der Waals surface area contributed by atoms with Gasteiger partial charge in [-0.05, 0) is 0 Å². The zero-order valence-electron chi connectivity index (χ0n) is 12.8. The first-order valence-corrected chi connectivity index (χ1v) is 7.28. The summed E-state index contributed by atoms with van der Waals surface area (Å²) in [6.07, 6.45) is 7.75. The molecule has 0 heterocycles. The molecule has 0 saturated heterocycles. The van der Waals surface area contributed by atoms with E-state index in [1.54, 1.807) is 0 Å². The second-order valence-corrected chi connectivity index (χ2v) is 4.79. The molecule has 0 atom stereocenters. The Bertz CT molecular complexity index is 324. The molecule has 2 rings (SSSR count). The SMILES string of the molecule is CCCCc1ccc[cH-]1.CCCCc1ccc[cH-]1.Cl.[Ti+2]. The zero-order valence-corrected chi connectivity index (χ0v) is 15.1. The molecule has 20 heavy (non-hydrogen) atoms. The fourth-order valence-electron chi connectivity index (χ4n) is 1.92. The summed E-state index contributed by atoms with van der Waals surface area (Å²) in [5, 5.41) is 0. The normalized spacial score (nSPS) is 8.90. The largest absolute Gasteiger partial charge is 2.00 e. The molecule has 2 aromatic rings. The van der Waals surface area contributed by atoms with Crippen LogP contribution in [0.15, 0.2) is 48.5 Å². The van der Waals surface area contributed by atoms with Gasteiger partial charge in [0.25, 0.3) is 0 Å². The van der Waals surface area contributed by atoms with Gasteiger partial charge < -0.3 is 0 Å². The van der Waals surface area contributed by atoms with Crippen LogP contribution in [0.1, 0.15) is 50.7 Å². The van der Waals surface area contributed by atoms with Gasteiger partial charge in [0.05, 0.1) is 0 Å². The first-order valence-electron chi connectivity index (χ1n) is 7.28. The summed E-state index contributed by atoms with van der Waals surface area (Å²) in [4.78, 5) is 0. The van der Waals surface area contributed by atoms with E-state index in [4.69, 9.17) is 0 Å². The van der Waals surface area contributed by atoms with E-state index in [-0.39, 0.29) is 34.1 Å². The van der Waals surface area contributed by atoms with Crippen LogP contribution in [-0.4, -0.2) is 0 Å². The Labute approximate surface area is 146 Å². The summed E-state index contributed by atoms with van der Waals surface area (Å²) in [5.74, 6) is 0. The topological polar surface area (TPSA) is 0 Å². The molecule has 110 valence electrons. The van der Waals surface area contributed by atoms with Crippen LogP contribution in [0.25, 0.3) is 0 Å². The molecule has 0 radical (unpaired) electrons. The minimum atomic E-state index is 0. The van der Waals surface area contributed by atoms with E-state index in [0.29, 0.717) is 0 Å². The molecule has 0 aliphatic heterocycles. The van der Waals surface area contributed by atoms with Gasteiger partial charge in [0.2, 0.25) is 0 Å². The molecule has 0 saturated carbocycles. The van der Waals surface area contributed by atoms with Crippen LogP contribution in [0.4, 0.5) is 0 Å². The fraction of sp³-hybridized carbons (Fsp3) is 0.444. The quantitative estimate of drug-likeness (QED) is 0.457. The Morgan fingerprint density at radius 2 is 1.20 bits per heavy atom. The number of halogens is 1. The van der Waals surface area contributed by atoms with Crippen LogP contribution < -0.4 is 0 Å². The van der Waals surface area contributed by atoms with Crippen molar-refractivity contribution in [3.05, 3.63) is 59.7 Å². The van der Waals surface area contributed by atoms with E-state index in [9.17, 15) is 0 Å². The molecule has 0 N–H and O–H groups in total. The van der Waals surface area contributed by atoms with E-state index in [1.807, 2.05) is 0 Å². The Hall–Kier alpha value is -0.296. The van der Waals surface area contributed by atoms with Crippen molar-refractivity contribution in [1.29, 1.82) is 0 Å². The third-order valence-corrected chi connectivity index (χ3v) is 3.10. The summed E-state index contributed by atoms with van der Waals surface area (Å²) >= 11 is 0. The Morgan fingerprint density at radius 3 is 1.45 bits per heavy atom. The number of hydrogen-bond acceptors (Lipinski definition) is 0. The van der Waals surface area contributed by atoms with Gasteiger partial charge in [-0.2, -0.15) is 35.4 Å². The van der Waals surface area contributed by atoms with Gasteiger partial charge in [0.15, 0.2) is 0 Å². The second-order valence-electron chi connectivity index (χ2n) is 4.79. The summed E-state index contributed by atoms with van der Waals surface area (Å²) < 4.78 is 0. The Kier molecular flexibility index (Phi) is 16.6. The number of aryl methyl sites for hydroxylation is 2. The maximum absolute atomic E-state index is 2.23. The van der Waals surface area contributed by atoms with Crippen LogP contribution in [-0.2, 0) is 34.6 Å². The smallest absolute Gasteiger partial charge is 0.213 e. The van der Waals surface area contributed by atoms with Gasteiger partial charge in [-0.1, -0.05) is 52.4 Å². The fourth-order valence-corrected chi connectivity index (χ4v) is 1.92. The molecule has 0 bridgehead atoms. The van der Waals surface area contributed by atoms with E-state index in [0.717, 1.165) is 0 Å². The van der Waals surface area contributed by atoms with Crippen molar-refractivity contribution in [2.24, 2.45) is 0 Å². The molecule has 0 nitrogen and oxygen atoms in total. The molecule has 0 fully saturated rings. The average Bonchev–Trinajstić information content (AvgIpc) is 3.07. The van der Waals surface area contributed by atoms with Crippen LogP contribution in [0.2, 0.25) is 0 Å². The van der Waals surface area contributed by atoms with Crippen LogP contribution >= 0.6 is 12.4 Å². The average molecular weight is 327 g/mol. The van der Waals surface area contributed by atoms with Gasteiger partial charge in [-0.15, -0.1) is 12.4 Å². The van der Waals surface area contributed by atoms with Gasteiger partial charge in [0, 0.05) is 0 Å². The van der Waals surface area contributed by atoms with Crippen molar-refractivity contribution in [2.45, 2.75) is 52.4 Å². The monoisotopic (exact) mass is 326 g/mol. The van der Waals surface area contributed by atoms with Gasteiger partial charge >= 0.3 is 21.7 Å². The number of rotatable bonds is 6. The number of unbranched alkanes of at least 4 members (excludes halogenated alkanes) is 2. The molecule has 0 aliphatic carbocycles. The minimum Gasteiger partial charge on any atom is -0.213 e. The van der Waals surface area contributed by atoms with Crippen molar-refractivity contribution >= 4 is 12.4 Å². The van der Waals surface area contributed by atoms with Crippen molar-refractivity contribution in [2.75, 3.05) is 0 Å². The van der Waals surface area contributed by atoms with E-state index in [2.05, 4.69) is 62.4 Å². The van der Waals surface area contributed by atoms with Crippen molar-refractivity contribution in [3.8, 4) is 0 Å². The standard InChI is InChI=1S/2C9H13.ClH.Ti/c2*1-2-3-6-9-7-4-5-8-9;;/h2*4-5,7-8H,2-3,6H2,1H3;1H;/q2*-1;;+2. The van der Waals surface area contributed by atoms with Crippen molar-refractivity contribution in [1.82, 2.24) is 0 Å². The molecule has 0 amide bonds. The first kappa shape index (κ1) is 22.0. The van der Waals surface area contributed by atoms with E-state index >= 15 is 0 Å². The van der Waals surface area contributed by atoms with Gasteiger partial charge in [0.1, 0.15) is 0 Å². The Morgan fingerprint density at radius 1 is 0.800 bits per heavy atom. The molecule has 0 spiro atoms. The predicted molar refractivity (Wildman–Crippen MR) is 88.5 cm³/mol.